The quantitative estimate of drug-likeness (QED) is 0.782. The Bertz CT molecular complexity index is 699. The molecule has 1 atom stereocenters. The molecule has 0 spiro atoms. The van der Waals surface area contributed by atoms with Crippen molar-refractivity contribution in [3.63, 3.8) is 0 Å². The van der Waals surface area contributed by atoms with Crippen LogP contribution in [0.4, 0.5) is 0 Å². The van der Waals surface area contributed by atoms with Gasteiger partial charge in [0.1, 0.15) is 0 Å². The predicted octanol–water partition coefficient (Wildman–Crippen LogP) is 2.12. The summed E-state index contributed by atoms with van der Waals surface area (Å²) in [5.41, 5.74) is 3.48. The molecule has 2 heterocycles. The molecule has 0 fully saturated rings. The van der Waals surface area contributed by atoms with Crippen LogP contribution in [0.1, 0.15) is 24.4 Å². The summed E-state index contributed by atoms with van der Waals surface area (Å²) in [5, 5.41) is 3.37. The number of hydrogen-bond acceptors (Lipinski definition) is 5. The maximum Gasteiger partial charge on any atom is 0.0956 e. The van der Waals surface area contributed by atoms with E-state index in [1.54, 1.807) is 24.8 Å². The highest BCUT2D eigenvalue weighted by atomic mass is 15.0. The molecule has 0 saturated heterocycles. The monoisotopic (exact) mass is 265 g/mol. The SMILES string of the molecule is CCNC(c1cnccn1)c1cnc2ccccc2n1. The Morgan fingerprint density at radius 3 is 2.60 bits per heavy atom. The molecule has 0 saturated carbocycles. The highest BCUT2D eigenvalue weighted by Gasteiger charge is 2.16. The Morgan fingerprint density at radius 2 is 1.85 bits per heavy atom. The Balaban J connectivity index is 2.05. The second-order valence-electron chi connectivity index (χ2n) is 4.40. The smallest absolute Gasteiger partial charge is 0.0956 e. The zero-order chi connectivity index (χ0) is 13.8. The van der Waals surface area contributed by atoms with Gasteiger partial charge in [-0.05, 0) is 18.7 Å². The Morgan fingerprint density at radius 1 is 1.00 bits per heavy atom. The summed E-state index contributed by atoms with van der Waals surface area (Å²) < 4.78 is 0. The van der Waals surface area contributed by atoms with E-state index in [1.165, 1.54) is 0 Å². The molecule has 1 unspecified atom stereocenters. The third-order valence-electron chi connectivity index (χ3n) is 3.05. The van der Waals surface area contributed by atoms with Gasteiger partial charge in [-0.3, -0.25) is 15.0 Å². The van der Waals surface area contributed by atoms with Crippen LogP contribution in [-0.4, -0.2) is 26.5 Å². The first-order valence-corrected chi connectivity index (χ1v) is 6.59. The molecule has 0 amide bonds. The summed E-state index contributed by atoms with van der Waals surface area (Å²) in [6.07, 6.45) is 6.90. The van der Waals surface area contributed by atoms with E-state index >= 15 is 0 Å². The number of para-hydroxylation sites is 2. The van der Waals surface area contributed by atoms with Gasteiger partial charge in [-0.25, -0.2) is 4.98 Å². The van der Waals surface area contributed by atoms with Crippen LogP contribution in [0.5, 0.6) is 0 Å². The molecule has 3 aromatic rings. The minimum atomic E-state index is -0.0918. The highest BCUT2D eigenvalue weighted by Crippen LogP contribution is 2.19. The first-order chi connectivity index (χ1) is 9.88. The van der Waals surface area contributed by atoms with E-state index in [4.69, 9.17) is 0 Å². The lowest BCUT2D eigenvalue weighted by Crippen LogP contribution is -2.24. The maximum absolute atomic E-state index is 4.68. The second kappa shape index (κ2) is 5.71. The number of aromatic nitrogens is 4. The number of benzene rings is 1. The highest BCUT2D eigenvalue weighted by molar-refractivity contribution is 5.73. The normalized spacial score (nSPS) is 12.4. The van der Waals surface area contributed by atoms with E-state index in [0.29, 0.717) is 0 Å². The molecular formula is C15H15N5. The van der Waals surface area contributed by atoms with E-state index in [1.807, 2.05) is 24.3 Å². The maximum atomic E-state index is 4.68. The third kappa shape index (κ3) is 2.48. The van der Waals surface area contributed by atoms with E-state index in [9.17, 15) is 0 Å². The minimum Gasteiger partial charge on any atom is -0.304 e. The average Bonchev–Trinajstić information content (AvgIpc) is 2.53. The summed E-state index contributed by atoms with van der Waals surface area (Å²) in [6, 6.07) is 7.75. The van der Waals surface area contributed by atoms with Crippen molar-refractivity contribution >= 4 is 11.0 Å². The molecule has 0 radical (unpaired) electrons. The molecule has 0 aliphatic heterocycles. The Kier molecular flexibility index (Phi) is 3.60. The molecule has 0 aliphatic rings. The summed E-state index contributed by atoms with van der Waals surface area (Å²) in [6.45, 7) is 2.87. The lowest BCUT2D eigenvalue weighted by Gasteiger charge is -2.16. The van der Waals surface area contributed by atoms with Gasteiger partial charge in [0, 0.05) is 12.4 Å². The van der Waals surface area contributed by atoms with E-state index in [2.05, 4.69) is 32.2 Å². The third-order valence-corrected chi connectivity index (χ3v) is 3.05. The van der Waals surface area contributed by atoms with Crippen molar-refractivity contribution in [2.24, 2.45) is 0 Å². The minimum absolute atomic E-state index is 0.0918. The summed E-state index contributed by atoms with van der Waals surface area (Å²) >= 11 is 0. The fourth-order valence-corrected chi connectivity index (χ4v) is 2.14. The van der Waals surface area contributed by atoms with Crippen LogP contribution in [0.3, 0.4) is 0 Å². The number of nitrogens with zero attached hydrogens (tertiary/aromatic N) is 4. The molecule has 2 aromatic heterocycles. The van der Waals surface area contributed by atoms with Gasteiger partial charge < -0.3 is 5.32 Å². The molecule has 20 heavy (non-hydrogen) atoms. The van der Waals surface area contributed by atoms with Gasteiger partial charge in [0.25, 0.3) is 0 Å². The first kappa shape index (κ1) is 12.6. The molecule has 0 bridgehead atoms. The van der Waals surface area contributed by atoms with Crippen LogP contribution in [0.15, 0.2) is 49.1 Å². The predicted molar refractivity (Wildman–Crippen MR) is 77.1 cm³/mol. The van der Waals surface area contributed by atoms with Gasteiger partial charge >= 0.3 is 0 Å². The molecular weight excluding hydrogens is 250 g/mol. The molecule has 100 valence electrons. The van der Waals surface area contributed by atoms with E-state index < -0.39 is 0 Å². The first-order valence-electron chi connectivity index (χ1n) is 6.59. The number of rotatable bonds is 4. The van der Waals surface area contributed by atoms with Crippen molar-refractivity contribution < 1.29 is 0 Å². The molecule has 1 aromatic carbocycles. The summed E-state index contributed by atoms with van der Waals surface area (Å²) in [4.78, 5) is 17.6. The fraction of sp³-hybridized carbons (Fsp3) is 0.200. The fourth-order valence-electron chi connectivity index (χ4n) is 2.14. The van der Waals surface area contributed by atoms with Crippen LogP contribution in [0.2, 0.25) is 0 Å². The van der Waals surface area contributed by atoms with Crippen LogP contribution in [-0.2, 0) is 0 Å². The van der Waals surface area contributed by atoms with Crippen LogP contribution in [0.25, 0.3) is 11.0 Å². The van der Waals surface area contributed by atoms with Gasteiger partial charge in [-0.15, -0.1) is 0 Å². The van der Waals surface area contributed by atoms with Gasteiger partial charge in [-0.1, -0.05) is 19.1 Å². The average molecular weight is 265 g/mol. The standard InChI is InChI=1S/C15H15N5/c1-2-17-15(13-9-16-7-8-18-13)14-10-19-11-5-3-4-6-12(11)20-14/h3-10,15,17H,2H2,1H3. The van der Waals surface area contributed by atoms with Gasteiger partial charge in [0.05, 0.1) is 40.9 Å². The second-order valence-corrected chi connectivity index (χ2v) is 4.40. The van der Waals surface area contributed by atoms with Crippen molar-refractivity contribution in [3.8, 4) is 0 Å². The van der Waals surface area contributed by atoms with Crippen molar-refractivity contribution in [3.05, 3.63) is 60.4 Å². The van der Waals surface area contributed by atoms with Gasteiger partial charge in [-0.2, -0.15) is 0 Å². The lowest BCUT2D eigenvalue weighted by molar-refractivity contribution is 0.598. The van der Waals surface area contributed by atoms with Crippen LogP contribution >= 0.6 is 0 Å². The van der Waals surface area contributed by atoms with Crippen LogP contribution < -0.4 is 5.32 Å². The lowest BCUT2D eigenvalue weighted by atomic mass is 10.1. The van der Waals surface area contributed by atoms with Crippen molar-refractivity contribution in [2.75, 3.05) is 6.54 Å². The van der Waals surface area contributed by atoms with Crippen molar-refractivity contribution in [1.29, 1.82) is 0 Å². The van der Waals surface area contributed by atoms with Crippen molar-refractivity contribution in [2.45, 2.75) is 13.0 Å². The zero-order valence-corrected chi connectivity index (χ0v) is 11.2. The van der Waals surface area contributed by atoms with Crippen molar-refractivity contribution in [1.82, 2.24) is 25.3 Å². The zero-order valence-electron chi connectivity index (χ0n) is 11.2. The molecule has 5 heteroatoms. The van der Waals surface area contributed by atoms with Gasteiger partial charge in [0.2, 0.25) is 0 Å². The topological polar surface area (TPSA) is 63.6 Å². The summed E-state index contributed by atoms with van der Waals surface area (Å²) in [5.74, 6) is 0. The van der Waals surface area contributed by atoms with E-state index in [0.717, 1.165) is 29.0 Å². The van der Waals surface area contributed by atoms with E-state index in [-0.39, 0.29) is 6.04 Å². The number of fused-ring (bicyclic) bond motifs is 1. The largest absolute Gasteiger partial charge is 0.304 e. The number of hydrogen-bond donors (Lipinski definition) is 1. The van der Waals surface area contributed by atoms with Crippen LogP contribution in [0, 0.1) is 0 Å². The summed E-state index contributed by atoms with van der Waals surface area (Å²) in [7, 11) is 0. The molecule has 1 N–H and O–H groups in total. The molecule has 5 nitrogen and oxygen atoms in total. The number of nitrogens with one attached hydrogen (secondary N) is 1. The molecule has 0 aliphatic carbocycles. The Labute approximate surface area is 117 Å². The Hall–Kier alpha value is -2.40. The molecule has 3 rings (SSSR count). The van der Waals surface area contributed by atoms with Gasteiger partial charge in [0.15, 0.2) is 0 Å².